The minimum absolute atomic E-state index is 0.301. The summed E-state index contributed by atoms with van der Waals surface area (Å²) in [5.41, 5.74) is 3.31. The largest absolute Gasteiger partial charge is 0.497 e. The molecule has 0 amide bonds. The number of ether oxygens (including phenoxy) is 1. The third-order valence-corrected chi connectivity index (χ3v) is 3.55. The molecule has 0 aliphatic heterocycles. The number of carbonyl (C=O) groups is 1. The Morgan fingerprint density at radius 1 is 1.29 bits per heavy atom. The third-order valence-electron chi connectivity index (χ3n) is 3.55. The molecule has 2 aliphatic rings. The van der Waals surface area contributed by atoms with Crippen molar-refractivity contribution in [3.63, 3.8) is 0 Å². The van der Waals surface area contributed by atoms with Gasteiger partial charge in [-0.3, -0.25) is 4.79 Å². The maximum atomic E-state index is 12.0. The van der Waals surface area contributed by atoms with E-state index in [1.54, 1.807) is 7.11 Å². The van der Waals surface area contributed by atoms with E-state index in [-0.39, 0.29) is 0 Å². The Morgan fingerprint density at radius 3 is 2.82 bits per heavy atom. The fourth-order valence-corrected chi connectivity index (χ4v) is 2.38. The van der Waals surface area contributed by atoms with Gasteiger partial charge in [-0.2, -0.15) is 0 Å². The molecule has 0 bridgehead atoms. The summed E-state index contributed by atoms with van der Waals surface area (Å²) in [5, 5.41) is 0. The summed E-state index contributed by atoms with van der Waals surface area (Å²) < 4.78 is 5.23. The summed E-state index contributed by atoms with van der Waals surface area (Å²) in [6.07, 6.45) is 6.13. The number of Topliss-reactive ketones (excluding diaryl/α,β-unsaturated/α-hetero) is 1. The highest BCUT2D eigenvalue weighted by Gasteiger charge is 2.26. The molecule has 1 aromatic rings. The number of hydrogen-bond donors (Lipinski definition) is 0. The summed E-state index contributed by atoms with van der Waals surface area (Å²) in [6.45, 7) is 0. The quantitative estimate of drug-likeness (QED) is 0.727. The minimum Gasteiger partial charge on any atom is -0.497 e. The molecule has 0 heterocycles. The predicted octanol–water partition coefficient (Wildman–Crippen LogP) is 3.00. The van der Waals surface area contributed by atoms with Crippen molar-refractivity contribution in [1.82, 2.24) is 0 Å². The van der Waals surface area contributed by atoms with Gasteiger partial charge in [-0.05, 0) is 48.4 Å². The lowest BCUT2D eigenvalue weighted by atomic mass is 9.85. The molecule has 2 nitrogen and oxygen atoms in total. The van der Waals surface area contributed by atoms with Crippen LogP contribution in [0.5, 0.6) is 5.75 Å². The van der Waals surface area contributed by atoms with E-state index in [0.29, 0.717) is 18.1 Å². The lowest BCUT2D eigenvalue weighted by Crippen LogP contribution is -2.12. The zero-order chi connectivity index (χ0) is 11.8. The second-order valence-corrected chi connectivity index (χ2v) is 4.86. The molecule has 17 heavy (non-hydrogen) atoms. The van der Waals surface area contributed by atoms with Gasteiger partial charge >= 0.3 is 0 Å². The van der Waals surface area contributed by atoms with Crippen LogP contribution in [0.3, 0.4) is 0 Å². The van der Waals surface area contributed by atoms with E-state index in [1.807, 2.05) is 12.1 Å². The Balaban J connectivity index is 2.04. The molecular weight excluding hydrogens is 212 g/mol. The number of aryl methyl sites for hydroxylation is 1. The fraction of sp³-hybridized carbons (Fsp3) is 0.400. The Bertz CT molecular complexity index is 496. The maximum Gasteiger partial charge on any atom is 0.163 e. The molecule has 2 heteroatoms. The molecule has 1 fully saturated rings. The maximum absolute atomic E-state index is 12.0. The summed E-state index contributed by atoms with van der Waals surface area (Å²) >= 11 is 0. The van der Waals surface area contributed by atoms with E-state index in [4.69, 9.17) is 4.74 Å². The van der Waals surface area contributed by atoms with E-state index in [2.05, 4.69) is 12.1 Å². The number of carbonyl (C=O) groups excluding carboxylic acids is 1. The van der Waals surface area contributed by atoms with E-state index in [1.165, 1.54) is 18.4 Å². The van der Waals surface area contributed by atoms with Gasteiger partial charge in [0, 0.05) is 12.0 Å². The zero-order valence-corrected chi connectivity index (χ0v) is 10.0. The van der Waals surface area contributed by atoms with Crippen molar-refractivity contribution in [2.45, 2.75) is 25.7 Å². The standard InChI is InChI=1S/C15H16O2/c1-17-12-5-6-13-11(9-12)4-7-15(16)14(13)8-10-2-3-10/h5-6,8-10H,2-4,7H2,1H3/b14-8+. The molecule has 0 saturated heterocycles. The van der Waals surface area contributed by atoms with Crippen molar-refractivity contribution in [2.75, 3.05) is 7.11 Å². The smallest absolute Gasteiger partial charge is 0.163 e. The van der Waals surface area contributed by atoms with Crippen LogP contribution in [-0.4, -0.2) is 12.9 Å². The van der Waals surface area contributed by atoms with Crippen LogP contribution in [-0.2, 0) is 11.2 Å². The van der Waals surface area contributed by atoms with Crippen LogP contribution in [0.1, 0.15) is 30.4 Å². The van der Waals surface area contributed by atoms with Gasteiger partial charge in [0.15, 0.2) is 5.78 Å². The average Bonchev–Trinajstić information content (AvgIpc) is 3.16. The number of rotatable bonds is 2. The molecule has 0 unspecified atom stereocenters. The predicted molar refractivity (Wildman–Crippen MR) is 67.0 cm³/mol. The molecule has 0 spiro atoms. The first-order valence-electron chi connectivity index (χ1n) is 6.20. The minimum atomic E-state index is 0.301. The number of benzene rings is 1. The van der Waals surface area contributed by atoms with Crippen LogP contribution in [0.4, 0.5) is 0 Å². The van der Waals surface area contributed by atoms with Gasteiger partial charge < -0.3 is 4.74 Å². The second-order valence-electron chi connectivity index (χ2n) is 4.86. The molecule has 3 rings (SSSR count). The van der Waals surface area contributed by atoms with Crippen LogP contribution in [0.15, 0.2) is 24.3 Å². The van der Waals surface area contributed by atoms with Crippen LogP contribution < -0.4 is 4.74 Å². The Hall–Kier alpha value is -1.57. The monoisotopic (exact) mass is 228 g/mol. The van der Waals surface area contributed by atoms with Crippen molar-refractivity contribution in [3.8, 4) is 5.75 Å². The molecule has 88 valence electrons. The van der Waals surface area contributed by atoms with Crippen LogP contribution in [0, 0.1) is 5.92 Å². The Kier molecular flexibility index (Phi) is 2.50. The average molecular weight is 228 g/mol. The molecule has 0 N–H and O–H groups in total. The number of fused-ring (bicyclic) bond motifs is 1. The van der Waals surface area contributed by atoms with Gasteiger partial charge in [0.05, 0.1) is 7.11 Å². The molecule has 0 atom stereocenters. The SMILES string of the molecule is COc1ccc2c(c1)CCC(=O)/C2=C/C1CC1. The van der Waals surface area contributed by atoms with Gasteiger partial charge in [-0.1, -0.05) is 12.1 Å². The lowest BCUT2D eigenvalue weighted by Gasteiger charge is -2.18. The number of methoxy groups -OCH3 is 1. The Labute approximate surface area is 101 Å². The Morgan fingerprint density at radius 2 is 2.12 bits per heavy atom. The highest BCUT2D eigenvalue weighted by atomic mass is 16.5. The number of hydrogen-bond acceptors (Lipinski definition) is 2. The van der Waals surface area contributed by atoms with Crippen molar-refractivity contribution in [3.05, 3.63) is 35.4 Å². The normalized spacial score (nSPS) is 21.5. The number of allylic oxidation sites excluding steroid dienone is 2. The molecule has 0 aromatic heterocycles. The van der Waals surface area contributed by atoms with Gasteiger partial charge in [0.2, 0.25) is 0 Å². The van der Waals surface area contributed by atoms with Crippen molar-refractivity contribution in [2.24, 2.45) is 5.92 Å². The summed E-state index contributed by atoms with van der Waals surface area (Å²) in [4.78, 5) is 12.0. The van der Waals surface area contributed by atoms with Gasteiger partial charge in [0.25, 0.3) is 0 Å². The molecular formula is C15H16O2. The third kappa shape index (κ3) is 1.99. The van der Waals surface area contributed by atoms with Crippen LogP contribution in [0.25, 0.3) is 5.57 Å². The van der Waals surface area contributed by atoms with Crippen molar-refractivity contribution in [1.29, 1.82) is 0 Å². The first-order chi connectivity index (χ1) is 8.28. The first kappa shape index (κ1) is 10.6. The van der Waals surface area contributed by atoms with E-state index < -0.39 is 0 Å². The van der Waals surface area contributed by atoms with Crippen LogP contribution in [0.2, 0.25) is 0 Å². The van der Waals surface area contributed by atoms with Gasteiger partial charge in [-0.15, -0.1) is 0 Å². The van der Waals surface area contributed by atoms with E-state index >= 15 is 0 Å². The highest BCUT2D eigenvalue weighted by Crippen LogP contribution is 2.37. The van der Waals surface area contributed by atoms with Gasteiger partial charge in [-0.25, -0.2) is 0 Å². The second kappa shape index (κ2) is 4.02. The summed E-state index contributed by atoms with van der Waals surface area (Å²) in [7, 11) is 1.68. The lowest BCUT2D eigenvalue weighted by molar-refractivity contribution is -0.113. The van der Waals surface area contributed by atoms with E-state index in [9.17, 15) is 4.79 Å². The van der Waals surface area contributed by atoms with Crippen LogP contribution >= 0.6 is 0 Å². The first-order valence-corrected chi connectivity index (χ1v) is 6.20. The molecule has 1 aromatic carbocycles. The number of ketones is 1. The zero-order valence-electron chi connectivity index (χ0n) is 10.0. The fourth-order valence-electron chi connectivity index (χ4n) is 2.38. The molecule has 1 saturated carbocycles. The van der Waals surface area contributed by atoms with Crippen molar-refractivity contribution < 1.29 is 9.53 Å². The molecule has 0 radical (unpaired) electrons. The molecule has 2 aliphatic carbocycles. The van der Waals surface area contributed by atoms with Crippen molar-refractivity contribution >= 4 is 11.4 Å². The van der Waals surface area contributed by atoms with E-state index in [0.717, 1.165) is 23.3 Å². The van der Waals surface area contributed by atoms with Gasteiger partial charge in [0.1, 0.15) is 5.75 Å². The topological polar surface area (TPSA) is 26.3 Å². The highest BCUT2D eigenvalue weighted by molar-refractivity contribution is 6.22. The summed E-state index contributed by atoms with van der Waals surface area (Å²) in [6, 6.07) is 6.03. The summed E-state index contributed by atoms with van der Waals surface area (Å²) in [5.74, 6) is 1.82.